The third kappa shape index (κ3) is 5.01. The zero-order valence-corrected chi connectivity index (χ0v) is 11.9. The van der Waals surface area contributed by atoms with Crippen molar-refractivity contribution in [2.45, 2.75) is 0 Å². The molecule has 6 nitrogen and oxygen atoms in total. The standard InChI is InChI=1S/C16H16N6/c17-15(21-19-11-13-7-3-1-4-8-13)16(18)22-20-12-14-9-5-2-6-10-14/h1-12H,(H2,17,21)(H2,18,22)/b19-11-,20-12+. The van der Waals surface area contributed by atoms with Crippen molar-refractivity contribution in [1.82, 2.24) is 0 Å². The number of amidine groups is 2. The zero-order chi connectivity index (χ0) is 15.6. The smallest absolute Gasteiger partial charge is 0.190 e. The molecule has 0 aliphatic carbocycles. The Balaban J connectivity index is 1.97. The van der Waals surface area contributed by atoms with Crippen LogP contribution in [0.25, 0.3) is 0 Å². The van der Waals surface area contributed by atoms with Crippen LogP contribution < -0.4 is 11.5 Å². The molecule has 0 atom stereocenters. The van der Waals surface area contributed by atoms with E-state index in [1.165, 1.54) is 0 Å². The molecule has 6 heteroatoms. The molecule has 2 aromatic carbocycles. The predicted molar refractivity (Wildman–Crippen MR) is 91.3 cm³/mol. The molecule has 2 aromatic rings. The number of hydrogen-bond donors (Lipinski definition) is 2. The molecule has 0 saturated carbocycles. The van der Waals surface area contributed by atoms with Gasteiger partial charge in [-0.05, 0) is 11.1 Å². The molecule has 0 saturated heterocycles. The molecule has 0 unspecified atom stereocenters. The summed E-state index contributed by atoms with van der Waals surface area (Å²) in [5.74, 6) is 0.0229. The first-order valence-electron chi connectivity index (χ1n) is 6.59. The summed E-state index contributed by atoms with van der Waals surface area (Å²) in [6.45, 7) is 0. The van der Waals surface area contributed by atoms with Crippen LogP contribution in [0.1, 0.15) is 11.1 Å². The van der Waals surface area contributed by atoms with Crippen molar-refractivity contribution in [2.75, 3.05) is 0 Å². The highest BCUT2D eigenvalue weighted by atomic mass is 15.3. The minimum absolute atomic E-state index is 0.0115. The van der Waals surface area contributed by atoms with E-state index in [0.717, 1.165) is 11.1 Å². The Labute approximate surface area is 128 Å². The fourth-order valence-electron chi connectivity index (χ4n) is 1.50. The van der Waals surface area contributed by atoms with Crippen molar-refractivity contribution in [3.05, 3.63) is 71.8 Å². The Kier molecular flexibility index (Phi) is 5.57. The minimum Gasteiger partial charge on any atom is -0.379 e. The predicted octanol–water partition coefficient (Wildman–Crippen LogP) is 1.77. The third-order valence-electron chi connectivity index (χ3n) is 2.61. The average Bonchev–Trinajstić information content (AvgIpc) is 2.56. The van der Waals surface area contributed by atoms with E-state index in [9.17, 15) is 0 Å². The molecule has 0 bridgehead atoms. The van der Waals surface area contributed by atoms with Crippen LogP contribution in [0.3, 0.4) is 0 Å². The molecule has 0 spiro atoms. The van der Waals surface area contributed by atoms with Crippen molar-refractivity contribution in [1.29, 1.82) is 0 Å². The van der Waals surface area contributed by atoms with Gasteiger partial charge in [0.25, 0.3) is 0 Å². The molecular weight excluding hydrogens is 276 g/mol. The fourth-order valence-corrected chi connectivity index (χ4v) is 1.50. The van der Waals surface area contributed by atoms with Crippen molar-refractivity contribution in [3.8, 4) is 0 Å². The number of nitrogens with zero attached hydrogens (tertiary/aromatic N) is 4. The Morgan fingerprint density at radius 2 is 1.00 bits per heavy atom. The van der Waals surface area contributed by atoms with Gasteiger partial charge in [-0.15, -0.1) is 10.2 Å². The number of rotatable bonds is 4. The van der Waals surface area contributed by atoms with Crippen LogP contribution in [-0.4, -0.2) is 24.1 Å². The molecule has 0 amide bonds. The monoisotopic (exact) mass is 292 g/mol. The van der Waals surface area contributed by atoms with Crippen LogP contribution >= 0.6 is 0 Å². The summed E-state index contributed by atoms with van der Waals surface area (Å²) in [5.41, 5.74) is 13.2. The van der Waals surface area contributed by atoms with Gasteiger partial charge in [0.05, 0.1) is 12.4 Å². The third-order valence-corrected chi connectivity index (χ3v) is 2.61. The highest BCUT2D eigenvalue weighted by Gasteiger charge is 1.97. The molecule has 0 aromatic heterocycles. The minimum atomic E-state index is 0.0115. The van der Waals surface area contributed by atoms with Crippen molar-refractivity contribution in [2.24, 2.45) is 31.9 Å². The van der Waals surface area contributed by atoms with Gasteiger partial charge in [0.1, 0.15) is 0 Å². The van der Waals surface area contributed by atoms with Gasteiger partial charge in [0.15, 0.2) is 11.7 Å². The first-order valence-corrected chi connectivity index (χ1v) is 6.59. The second-order valence-corrected chi connectivity index (χ2v) is 4.28. The first-order chi connectivity index (χ1) is 10.8. The van der Waals surface area contributed by atoms with Crippen LogP contribution in [-0.2, 0) is 0 Å². The normalized spacial score (nSPS) is 13.1. The molecule has 0 radical (unpaired) electrons. The summed E-state index contributed by atoms with van der Waals surface area (Å²) in [5, 5.41) is 15.3. The van der Waals surface area contributed by atoms with Crippen LogP contribution in [0.4, 0.5) is 0 Å². The van der Waals surface area contributed by atoms with E-state index in [2.05, 4.69) is 20.4 Å². The molecule has 4 N–H and O–H groups in total. The Morgan fingerprint density at radius 1 is 0.636 bits per heavy atom. The number of nitrogens with two attached hydrogens (primary N) is 2. The Morgan fingerprint density at radius 3 is 1.36 bits per heavy atom. The van der Waals surface area contributed by atoms with Crippen molar-refractivity contribution >= 4 is 24.1 Å². The van der Waals surface area contributed by atoms with Gasteiger partial charge in [0.2, 0.25) is 0 Å². The van der Waals surface area contributed by atoms with E-state index in [-0.39, 0.29) is 11.7 Å². The van der Waals surface area contributed by atoms with Crippen LogP contribution in [0, 0.1) is 0 Å². The van der Waals surface area contributed by atoms with Crippen LogP contribution in [0.5, 0.6) is 0 Å². The summed E-state index contributed by atoms with van der Waals surface area (Å²) < 4.78 is 0. The maximum atomic E-state index is 5.67. The summed E-state index contributed by atoms with van der Waals surface area (Å²) >= 11 is 0. The average molecular weight is 292 g/mol. The second-order valence-electron chi connectivity index (χ2n) is 4.28. The van der Waals surface area contributed by atoms with E-state index in [4.69, 9.17) is 11.5 Å². The maximum Gasteiger partial charge on any atom is 0.190 e. The van der Waals surface area contributed by atoms with Gasteiger partial charge in [0, 0.05) is 0 Å². The van der Waals surface area contributed by atoms with Crippen LogP contribution in [0.2, 0.25) is 0 Å². The summed E-state index contributed by atoms with van der Waals surface area (Å²) in [4.78, 5) is 0. The van der Waals surface area contributed by atoms with Crippen molar-refractivity contribution in [3.63, 3.8) is 0 Å². The quantitative estimate of drug-likeness (QED) is 0.509. The Bertz CT molecular complexity index is 638. The molecule has 0 fully saturated rings. The topological polar surface area (TPSA) is 101 Å². The summed E-state index contributed by atoms with van der Waals surface area (Å²) in [6.07, 6.45) is 3.15. The van der Waals surface area contributed by atoms with Gasteiger partial charge >= 0.3 is 0 Å². The first kappa shape index (κ1) is 15.1. The van der Waals surface area contributed by atoms with Crippen molar-refractivity contribution < 1.29 is 0 Å². The lowest BCUT2D eigenvalue weighted by molar-refractivity contribution is 1.21. The lowest BCUT2D eigenvalue weighted by Crippen LogP contribution is -2.30. The van der Waals surface area contributed by atoms with Gasteiger partial charge in [-0.1, -0.05) is 60.7 Å². The highest BCUT2D eigenvalue weighted by molar-refractivity contribution is 6.39. The second kappa shape index (κ2) is 8.11. The zero-order valence-electron chi connectivity index (χ0n) is 11.9. The molecule has 22 heavy (non-hydrogen) atoms. The fraction of sp³-hybridized carbons (Fsp3) is 0. The molecule has 0 heterocycles. The molecule has 0 aliphatic heterocycles. The number of hydrogen-bond acceptors (Lipinski definition) is 4. The van der Waals surface area contributed by atoms with Gasteiger partial charge < -0.3 is 11.5 Å². The maximum absolute atomic E-state index is 5.67. The SMILES string of the molecule is NC(=N/N=C\c1ccccc1)/C(N)=N\N=C\c1ccccc1. The summed E-state index contributed by atoms with van der Waals surface area (Å²) in [7, 11) is 0. The van der Waals surface area contributed by atoms with Gasteiger partial charge in [-0.2, -0.15) is 10.2 Å². The van der Waals surface area contributed by atoms with E-state index in [1.807, 2.05) is 60.7 Å². The molecular formula is C16H16N6. The molecule has 0 aliphatic rings. The highest BCUT2D eigenvalue weighted by Crippen LogP contribution is 1.95. The Hall–Kier alpha value is -3.28. The van der Waals surface area contributed by atoms with E-state index < -0.39 is 0 Å². The molecule has 110 valence electrons. The van der Waals surface area contributed by atoms with E-state index in [0.29, 0.717) is 0 Å². The lowest BCUT2D eigenvalue weighted by Gasteiger charge is -1.94. The van der Waals surface area contributed by atoms with E-state index in [1.54, 1.807) is 12.4 Å². The van der Waals surface area contributed by atoms with Gasteiger partial charge in [-0.3, -0.25) is 0 Å². The molecule has 2 rings (SSSR count). The van der Waals surface area contributed by atoms with Gasteiger partial charge in [-0.25, -0.2) is 0 Å². The van der Waals surface area contributed by atoms with E-state index >= 15 is 0 Å². The largest absolute Gasteiger partial charge is 0.379 e. The van der Waals surface area contributed by atoms with Crippen LogP contribution in [0.15, 0.2) is 81.1 Å². The summed E-state index contributed by atoms with van der Waals surface area (Å²) in [6, 6.07) is 19.1. The number of benzene rings is 2. The lowest BCUT2D eigenvalue weighted by atomic mass is 10.2.